The maximum absolute atomic E-state index is 14.2. The molecular weight excluding hydrogens is 1190 g/mol. The number of allylic oxidation sites excluding steroid dienone is 3. The fraction of sp³-hybridized carbons (Fsp3) is 0.405. The third kappa shape index (κ3) is 12.5. The van der Waals surface area contributed by atoms with Gasteiger partial charge in [-0.3, -0.25) is 29.1 Å². The molecule has 4 N–H and O–H groups in total. The smallest absolute Gasteiger partial charge is 0.340 e. The molecule has 10 rings (SSSR count). The minimum atomic E-state index is -0.643. The average Bonchev–Trinajstić information content (AvgIpc) is 1.61. The average molecular weight is 1280 g/mol. The molecular formula is C74H84N8O12. The third-order valence-electron chi connectivity index (χ3n) is 19.6. The molecule has 20 heteroatoms. The first-order chi connectivity index (χ1) is 45.1. The van der Waals surface area contributed by atoms with Crippen LogP contribution in [-0.4, -0.2) is 118 Å². The second kappa shape index (κ2) is 27.9. The Morgan fingerprint density at radius 2 is 0.819 bits per heavy atom. The van der Waals surface area contributed by atoms with Crippen LogP contribution in [0.15, 0.2) is 42.5 Å². The number of methoxy groups -OCH3 is 6. The highest BCUT2D eigenvalue weighted by Crippen LogP contribution is 2.47. The number of hydrogen-bond donors (Lipinski definition) is 4. The quantitative estimate of drug-likeness (QED) is 0.0460. The van der Waals surface area contributed by atoms with Gasteiger partial charge in [-0.25, -0.2) is 19.6 Å². The molecule has 492 valence electrons. The molecule has 0 spiro atoms. The lowest BCUT2D eigenvalue weighted by Crippen LogP contribution is -2.15. The largest absolute Gasteiger partial charge is 0.469 e. The molecule has 0 aliphatic carbocycles. The third-order valence-corrected chi connectivity index (χ3v) is 19.6. The van der Waals surface area contributed by atoms with Crippen molar-refractivity contribution in [3.8, 4) is 0 Å². The number of nitrogens with one attached hydrogen (secondary N) is 4. The number of ether oxygens (including phenoxy) is 6. The van der Waals surface area contributed by atoms with Crippen molar-refractivity contribution in [1.29, 1.82) is 0 Å². The van der Waals surface area contributed by atoms with Crippen LogP contribution in [0.2, 0.25) is 0 Å². The van der Waals surface area contributed by atoms with E-state index in [-0.39, 0.29) is 83.8 Å². The molecule has 0 amide bonds. The summed E-state index contributed by atoms with van der Waals surface area (Å²) in [6, 6.07) is 12.2. The molecule has 6 aromatic heterocycles. The van der Waals surface area contributed by atoms with Gasteiger partial charge in [-0.15, -0.1) is 0 Å². The molecule has 4 atom stereocenters. The molecule has 0 radical (unpaired) electrons. The molecule has 4 aliphatic rings. The summed E-state index contributed by atoms with van der Waals surface area (Å²) in [6.07, 6.45) is 7.11. The van der Waals surface area contributed by atoms with E-state index in [1.54, 1.807) is 0 Å². The van der Waals surface area contributed by atoms with Gasteiger partial charge in [0.25, 0.3) is 0 Å². The van der Waals surface area contributed by atoms with E-state index in [2.05, 4.69) is 99.6 Å². The van der Waals surface area contributed by atoms with E-state index in [1.165, 1.54) is 42.7 Å². The van der Waals surface area contributed by atoms with Crippen molar-refractivity contribution in [3.05, 3.63) is 144 Å². The first-order valence-electron chi connectivity index (χ1n) is 32.1. The summed E-state index contributed by atoms with van der Waals surface area (Å²) in [5, 5.41) is 0. The molecule has 0 unspecified atom stereocenters. The van der Waals surface area contributed by atoms with Gasteiger partial charge < -0.3 is 48.4 Å². The number of carbonyl (C=O) groups is 6. The summed E-state index contributed by atoms with van der Waals surface area (Å²) in [7, 11) is 7.95. The van der Waals surface area contributed by atoms with Crippen LogP contribution >= 0.6 is 0 Å². The fourth-order valence-corrected chi connectivity index (χ4v) is 14.1. The Bertz CT molecular complexity index is 4590. The van der Waals surface area contributed by atoms with Crippen molar-refractivity contribution in [1.82, 2.24) is 39.9 Å². The lowest BCUT2D eigenvalue weighted by molar-refractivity contribution is -0.141. The highest BCUT2D eigenvalue weighted by atomic mass is 16.5. The predicted molar refractivity (Wildman–Crippen MR) is 362 cm³/mol. The molecule has 16 bridgehead atoms. The normalized spacial score (nSPS) is 16.2. The number of esters is 6. The SMILES string of the molecule is CCc1c(C)c2cc3nc(c(CC(=O)OC)c4nc(cc5[nH]c(cc1[nH]2)c(C)c5/C=C/Cc1c(CC)c2cc5nc(c(CC(=O)OC)c6nc(cc7[nH]c(cc1[nH]2)c(CC)c7C)[C@@H](C)[C@@H]6CCC(=O)OC)C(C(=O)OC)=C5C)C(C)=C4C(=O)OC)[C@@H](CCC(=O)OC)[C@@H]3C. The van der Waals surface area contributed by atoms with Crippen LogP contribution in [0.4, 0.5) is 0 Å². The van der Waals surface area contributed by atoms with Crippen LogP contribution in [0.1, 0.15) is 199 Å². The van der Waals surface area contributed by atoms with Crippen molar-refractivity contribution < 1.29 is 57.2 Å². The lowest BCUT2D eigenvalue weighted by atomic mass is 9.84. The van der Waals surface area contributed by atoms with E-state index in [4.69, 9.17) is 48.4 Å². The van der Waals surface area contributed by atoms with E-state index >= 15 is 0 Å². The van der Waals surface area contributed by atoms with Gasteiger partial charge in [0.05, 0.1) is 101 Å². The Hall–Kier alpha value is -9.72. The van der Waals surface area contributed by atoms with Gasteiger partial charge in [0.15, 0.2) is 0 Å². The zero-order valence-corrected chi connectivity index (χ0v) is 56.7. The van der Waals surface area contributed by atoms with Crippen LogP contribution in [0.25, 0.3) is 72.5 Å². The minimum Gasteiger partial charge on any atom is -0.469 e. The molecule has 10 heterocycles. The number of rotatable bonds is 18. The number of fused-ring (bicyclic) bond motifs is 16. The Morgan fingerprint density at radius 3 is 1.24 bits per heavy atom. The van der Waals surface area contributed by atoms with Crippen LogP contribution in [0, 0.1) is 20.8 Å². The molecule has 20 nitrogen and oxygen atoms in total. The van der Waals surface area contributed by atoms with Crippen molar-refractivity contribution in [3.63, 3.8) is 0 Å². The van der Waals surface area contributed by atoms with Gasteiger partial charge >= 0.3 is 35.8 Å². The summed E-state index contributed by atoms with van der Waals surface area (Å²) in [5.41, 5.74) is 21.0. The van der Waals surface area contributed by atoms with E-state index in [0.717, 1.165) is 101 Å². The second-order valence-electron chi connectivity index (χ2n) is 24.5. The number of aromatic nitrogens is 8. The first-order valence-corrected chi connectivity index (χ1v) is 32.1. The number of aryl methyl sites for hydroxylation is 6. The topological polar surface area (TPSA) is 273 Å². The monoisotopic (exact) mass is 1280 g/mol. The molecule has 4 aliphatic heterocycles. The molecule has 94 heavy (non-hydrogen) atoms. The summed E-state index contributed by atoms with van der Waals surface area (Å²) < 4.78 is 31.7. The minimum absolute atomic E-state index is 0.0893. The highest BCUT2D eigenvalue weighted by molar-refractivity contribution is 6.26. The Kier molecular flexibility index (Phi) is 19.9. The van der Waals surface area contributed by atoms with Crippen LogP contribution in [0.5, 0.6) is 0 Å². The second-order valence-corrected chi connectivity index (χ2v) is 24.5. The van der Waals surface area contributed by atoms with Crippen LogP contribution in [0.3, 0.4) is 0 Å². The maximum atomic E-state index is 14.2. The Balaban J connectivity index is 1.25. The van der Waals surface area contributed by atoms with Crippen molar-refractivity contribution >= 4 is 108 Å². The zero-order chi connectivity index (χ0) is 67.7. The van der Waals surface area contributed by atoms with E-state index < -0.39 is 23.9 Å². The van der Waals surface area contributed by atoms with Crippen LogP contribution < -0.4 is 0 Å². The number of nitrogens with zero attached hydrogens (tertiary/aromatic N) is 4. The van der Waals surface area contributed by atoms with Gasteiger partial charge in [0.2, 0.25) is 0 Å². The van der Waals surface area contributed by atoms with E-state index in [9.17, 15) is 28.8 Å². The van der Waals surface area contributed by atoms with E-state index in [1.807, 2.05) is 38.1 Å². The lowest BCUT2D eigenvalue weighted by Gasteiger charge is -2.18. The number of H-pyrrole nitrogens is 4. The molecule has 0 saturated heterocycles. The Labute approximate surface area is 546 Å². The fourth-order valence-electron chi connectivity index (χ4n) is 14.1. The number of aromatic amines is 4. The highest BCUT2D eigenvalue weighted by Gasteiger charge is 2.38. The van der Waals surface area contributed by atoms with Gasteiger partial charge in [0, 0.05) is 109 Å². The zero-order valence-electron chi connectivity index (χ0n) is 56.7. The summed E-state index contributed by atoms with van der Waals surface area (Å²) in [4.78, 5) is 117. The van der Waals surface area contributed by atoms with Gasteiger partial charge in [0.1, 0.15) is 0 Å². The number of carbonyl (C=O) groups excluding carboxylic acids is 6. The number of hydrogen-bond acceptors (Lipinski definition) is 16. The first kappa shape index (κ1) is 67.2. The molecule has 0 fully saturated rings. The van der Waals surface area contributed by atoms with Crippen molar-refractivity contribution in [2.24, 2.45) is 0 Å². The van der Waals surface area contributed by atoms with Crippen molar-refractivity contribution in [2.75, 3.05) is 42.7 Å². The van der Waals surface area contributed by atoms with Gasteiger partial charge in [-0.05, 0) is 160 Å². The van der Waals surface area contributed by atoms with Gasteiger partial charge in [-0.1, -0.05) is 46.8 Å². The maximum Gasteiger partial charge on any atom is 0.340 e. The summed E-state index contributed by atoms with van der Waals surface area (Å²) in [6.45, 7) is 20.4. The van der Waals surface area contributed by atoms with Gasteiger partial charge in [-0.2, -0.15) is 0 Å². The standard InChI is InChI=1S/C74H84N8O12/c1-17-42-35(4)51-29-54-38(7)46(23-25-63(83)89-11)70(79-54)50(28-66(86)92-14)72-68(74(88)94-16)41(10)57(82-72)33-61-45(37(6)53(77-61)31-58(42)75-51)21-20-22-48-44(19-3)60-32-56-40(9)67(73(87)93-15)71(81-56)49(27-65(85)91-13)69-47(24-26-64(84)90-12)39(8)55(80-69)30-52-36(5)43(18-2)59(76-52)34-62(48)78-60/h20-21,29-34,38-39,46-47,75-78H,17-19,22-28H2,1-16H3/b21-20+,51-29?,52-30?,53-31?,54-29?,55-30?,56-32?,57-33?,58-31?,59-34?,60-32?,61-33?,62-34?,69-49?,70-50?,71-49?,72-50?/t38-,39-,46-,47-/m0/s1. The van der Waals surface area contributed by atoms with Crippen molar-refractivity contribution in [2.45, 2.75) is 157 Å². The molecule has 6 aromatic rings. The molecule has 0 saturated carbocycles. The van der Waals surface area contributed by atoms with Crippen LogP contribution in [-0.2, 0) is 95.7 Å². The summed E-state index contributed by atoms with van der Waals surface area (Å²) >= 11 is 0. The summed E-state index contributed by atoms with van der Waals surface area (Å²) in [5.74, 6) is -4.37. The molecule has 0 aromatic carbocycles. The predicted octanol–water partition coefficient (Wildman–Crippen LogP) is 13.1. The Morgan fingerprint density at radius 1 is 0.436 bits per heavy atom. The van der Waals surface area contributed by atoms with E-state index in [0.29, 0.717) is 82.7 Å².